The maximum Gasteiger partial charge on any atom is 0.160 e. The highest BCUT2D eigenvalue weighted by Gasteiger charge is 2.18. The van der Waals surface area contributed by atoms with Gasteiger partial charge in [-0.05, 0) is 88.6 Å². The Morgan fingerprint density at radius 1 is 0.321 bits per heavy atom. The van der Waals surface area contributed by atoms with Gasteiger partial charge < -0.3 is 9.13 Å². The summed E-state index contributed by atoms with van der Waals surface area (Å²) >= 11 is 0. The van der Waals surface area contributed by atoms with Crippen molar-refractivity contribution in [2.75, 3.05) is 0 Å². The van der Waals surface area contributed by atoms with Gasteiger partial charge in [0.25, 0.3) is 0 Å². The lowest BCUT2D eigenvalue weighted by Gasteiger charge is -2.15. The van der Waals surface area contributed by atoms with E-state index in [9.17, 15) is 0 Å². The second-order valence-corrected chi connectivity index (χ2v) is 14.3. The minimum absolute atomic E-state index is 0.681. The van der Waals surface area contributed by atoms with Gasteiger partial charge in [0.1, 0.15) is 0 Å². The standard InChI is InChI=1S/C52H34N4/c1-5-15-35(16-6-1)39-29-40(52-53-47(36-17-7-2-8-18-36)34-48(54-52)37-19-9-3-10-20-37)31-42(30-39)56-50-24-14-13-23-43(50)46-33-45-38(32-51(46)56)25-26-49-44(45)27-28-55(49)41-21-11-4-12-22-41/h1-34H. The predicted octanol–water partition coefficient (Wildman–Crippen LogP) is 13.3. The van der Waals surface area contributed by atoms with Crippen molar-refractivity contribution in [1.29, 1.82) is 0 Å². The number of nitrogens with zero attached hydrogens (tertiary/aromatic N) is 4. The smallest absolute Gasteiger partial charge is 0.160 e. The highest BCUT2D eigenvalue weighted by Crippen LogP contribution is 2.40. The van der Waals surface area contributed by atoms with Crippen LogP contribution in [0.3, 0.4) is 0 Å². The van der Waals surface area contributed by atoms with Gasteiger partial charge in [0.15, 0.2) is 5.82 Å². The van der Waals surface area contributed by atoms with Gasteiger partial charge in [0.05, 0.1) is 27.9 Å². The average Bonchev–Trinajstić information content (AvgIpc) is 3.86. The first-order valence-corrected chi connectivity index (χ1v) is 19.0. The molecule has 4 heteroatoms. The molecule has 0 N–H and O–H groups in total. The number of fused-ring (bicyclic) bond motifs is 6. The molecule has 3 heterocycles. The Kier molecular flexibility index (Phi) is 7.46. The van der Waals surface area contributed by atoms with Crippen molar-refractivity contribution in [3.05, 3.63) is 206 Å². The van der Waals surface area contributed by atoms with Crippen LogP contribution in [0.15, 0.2) is 206 Å². The molecule has 0 aliphatic rings. The van der Waals surface area contributed by atoms with Crippen LogP contribution in [0.4, 0.5) is 0 Å². The highest BCUT2D eigenvalue weighted by molar-refractivity contribution is 6.18. The Hall–Kier alpha value is -7.56. The number of benzene rings is 8. The third-order valence-corrected chi connectivity index (χ3v) is 10.9. The van der Waals surface area contributed by atoms with E-state index in [1.54, 1.807) is 0 Å². The van der Waals surface area contributed by atoms with Gasteiger partial charge in [-0.1, -0.05) is 133 Å². The summed E-state index contributed by atoms with van der Waals surface area (Å²) in [5.74, 6) is 0.681. The van der Waals surface area contributed by atoms with Crippen LogP contribution >= 0.6 is 0 Å². The van der Waals surface area contributed by atoms with Crippen molar-refractivity contribution < 1.29 is 0 Å². The monoisotopic (exact) mass is 714 g/mol. The van der Waals surface area contributed by atoms with Crippen LogP contribution in [-0.4, -0.2) is 19.1 Å². The molecule has 56 heavy (non-hydrogen) atoms. The largest absolute Gasteiger partial charge is 0.317 e. The van der Waals surface area contributed by atoms with Gasteiger partial charge >= 0.3 is 0 Å². The quantitative estimate of drug-likeness (QED) is 0.172. The summed E-state index contributed by atoms with van der Waals surface area (Å²) in [5, 5.41) is 6.11. The van der Waals surface area contributed by atoms with Crippen LogP contribution in [-0.2, 0) is 0 Å². The second kappa shape index (κ2) is 13.1. The van der Waals surface area contributed by atoms with E-state index in [0.29, 0.717) is 5.82 Å². The first-order valence-electron chi connectivity index (χ1n) is 19.0. The molecule has 4 nitrogen and oxygen atoms in total. The van der Waals surface area contributed by atoms with Gasteiger partial charge in [-0.15, -0.1) is 0 Å². The van der Waals surface area contributed by atoms with Crippen LogP contribution in [0.5, 0.6) is 0 Å². The number of hydrogen-bond donors (Lipinski definition) is 0. The number of aromatic nitrogens is 4. The number of rotatable bonds is 6. The molecular formula is C52H34N4. The molecule has 0 amide bonds. The van der Waals surface area contributed by atoms with Crippen molar-refractivity contribution in [2.45, 2.75) is 0 Å². The molecule has 11 aromatic rings. The van der Waals surface area contributed by atoms with E-state index in [1.165, 1.54) is 32.4 Å². The lowest BCUT2D eigenvalue weighted by atomic mass is 10.0. The zero-order valence-electron chi connectivity index (χ0n) is 30.4. The fourth-order valence-electron chi connectivity index (χ4n) is 8.26. The maximum absolute atomic E-state index is 5.25. The summed E-state index contributed by atoms with van der Waals surface area (Å²) in [6, 6.07) is 71.1. The molecule has 0 fully saturated rings. The van der Waals surface area contributed by atoms with Gasteiger partial charge in [-0.25, -0.2) is 9.97 Å². The molecule has 0 atom stereocenters. The number of para-hydroxylation sites is 2. The molecule has 0 aliphatic carbocycles. The molecule has 0 saturated heterocycles. The average molecular weight is 715 g/mol. The van der Waals surface area contributed by atoms with E-state index < -0.39 is 0 Å². The SMILES string of the molecule is c1ccc(-c2cc(-c3nc(-c4ccccc4)cc(-c4ccccc4)n3)cc(-n3c4ccccc4c4cc5c(ccc6c5ccn6-c5ccccc5)cc43)c2)cc1. The van der Waals surface area contributed by atoms with Crippen molar-refractivity contribution in [3.63, 3.8) is 0 Å². The summed E-state index contributed by atoms with van der Waals surface area (Å²) in [5.41, 5.74) is 12.8. The van der Waals surface area contributed by atoms with E-state index in [2.05, 4.69) is 203 Å². The van der Waals surface area contributed by atoms with E-state index in [4.69, 9.17) is 9.97 Å². The van der Waals surface area contributed by atoms with Crippen molar-refractivity contribution >= 4 is 43.5 Å². The van der Waals surface area contributed by atoms with E-state index in [-0.39, 0.29) is 0 Å². The van der Waals surface area contributed by atoms with Crippen molar-refractivity contribution in [1.82, 2.24) is 19.1 Å². The van der Waals surface area contributed by atoms with E-state index in [0.717, 1.165) is 61.6 Å². The molecule has 11 rings (SSSR count). The highest BCUT2D eigenvalue weighted by atomic mass is 15.0. The van der Waals surface area contributed by atoms with Crippen LogP contribution < -0.4 is 0 Å². The van der Waals surface area contributed by atoms with Crippen molar-refractivity contribution in [3.8, 4) is 56.4 Å². The zero-order chi connectivity index (χ0) is 37.0. The fourth-order valence-corrected chi connectivity index (χ4v) is 8.26. The molecule has 0 unspecified atom stereocenters. The van der Waals surface area contributed by atoms with Crippen molar-refractivity contribution in [2.24, 2.45) is 0 Å². The molecular weight excluding hydrogens is 681 g/mol. The molecule has 0 aliphatic heterocycles. The Labute approximate surface area is 324 Å². The minimum Gasteiger partial charge on any atom is -0.317 e. The fraction of sp³-hybridized carbons (Fsp3) is 0. The third kappa shape index (κ3) is 5.39. The van der Waals surface area contributed by atoms with Crippen LogP contribution in [0, 0.1) is 0 Å². The lowest BCUT2D eigenvalue weighted by molar-refractivity contribution is 1.13. The first kappa shape index (κ1) is 31.9. The second-order valence-electron chi connectivity index (χ2n) is 14.3. The number of hydrogen-bond acceptors (Lipinski definition) is 2. The normalized spacial score (nSPS) is 11.6. The van der Waals surface area contributed by atoms with E-state index in [1.807, 2.05) is 12.1 Å². The van der Waals surface area contributed by atoms with Gasteiger partial charge in [-0.2, -0.15) is 0 Å². The van der Waals surface area contributed by atoms with Crippen LogP contribution in [0.1, 0.15) is 0 Å². The van der Waals surface area contributed by atoms with Crippen LogP contribution in [0.25, 0.3) is 99.9 Å². The molecule has 0 radical (unpaired) electrons. The third-order valence-electron chi connectivity index (χ3n) is 10.9. The Morgan fingerprint density at radius 2 is 0.911 bits per heavy atom. The van der Waals surface area contributed by atoms with E-state index >= 15 is 0 Å². The Balaban J connectivity index is 1.16. The van der Waals surface area contributed by atoms with Crippen LogP contribution in [0.2, 0.25) is 0 Å². The minimum atomic E-state index is 0.681. The van der Waals surface area contributed by atoms with Gasteiger partial charge in [-0.3, -0.25) is 0 Å². The zero-order valence-corrected chi connectivity index (χ0v) is 30.4. The summed E-state index contributed by atoms with van der Waals surface area (Å²) in [6.07, 6.45) is 2.18. The lowest BCUT2D eigenvalue weighted by Crippen LogP contribution is -1.99. The Morgan fingerprint density at radius 3 is 1.61 bits per heavy atom. The topological polar surface area (TPSA) is 35.6 Å². The van der Waals surface area contributed by atoms with Gasteiger partial charge in [0, 0.05) is 50.4 Å². The summed E-state index contributed by atoms with van der Waals surface area (Å²) < 4.78 is 4.69. The van der Waals surface area contributed by atoms with Gasteiger partial charge in [0.2, 0.25) is 0 Å². The summed E-state index contributed by atoms with van der Waals surface area (Å²) in [4.78, 5) is 10.5. The maximum atomic E-state index is 5.25. The predicted molar refractivity (Wildman–Crippen MR) is 232 cm³/mol. The molecule has 262 valence electrons. The molecule has 0 spiro atoms. The molecule has 0 saturated carbocycles. The first-order chi connectivity index (χ1) is 27.7. The molecule has 3 aromatic heterocycles. The molecule has 8 aromatic carbocycles. The Bertz CT molecular complexity index is 3160. The summed E-state index contributed by atoms with van der Waals surface area (Å²) in [6.45, 7) is 0. The summed E-state index contributed by atoms with van der Waals surface area (Å²) in [7, 11) is 0. The molecule has 0 bridgehead atoms.